The third-order valence-electron chi connectivity index (χ3n) is 3.27. The van der Waals surface area contributed by atoms with Gasteiger partial charge < -0.3 is 4.74 Å². The molecule has 0 aliphatic rings. The third kappa shape index (κ3) is 13.9. The molecule has 0 saturated heterocycles. The molecule has 0 atom stereocenters. The van der Waals surface area contributed by atoms with Gasteiger partial charge in [0, 0.05) is 5.92 Å². The third-order valence-corrected chi connectivity index (χ3v) is 3.86. The van der Waals surface area contributed by atoms with Crippen LogP contribution >= 0.6 is 12.2 Å². The summed E-state index contributed by atoms with van der Waals surface area (Å²) in [6, 6.07) is 0. The van der Waals surface area contributed by atoms with Crippen LogP contribution < -0.4 is 0 Å². The van der Waals surface area contributed by atoms with Gasteiger partial charge in [-0.25, -0.2) is 0 Å². The Balaban J connectivity index is 3.07. The molecule has 0 aromatic rings. The van der Waals surface area contributed by atoms with Crippen molar-refractivity contribution in [3.8, 4) is 0 Å². The first-order valence-corrected chi connectivity index (χ1v) is 8.37. The van der Waals surface area contributed by atoms with Crippen LogP contribution in [0.3, 0.4) is 0 Å². The van der Waals surface area contributed by atoms with Crippen LogP contribution in [-0.2, 0) is 4.74 Å². The predicted octanol–water partition coefficient (Wildman–Crippen LogP) is 6.07. The zero-order chi connectivity index (χ0) is 14.3. The summed E-state index contributed by atoms with van der Waals surface area (Å²) in [5.41, 5.74) is 0. The summed E-state index contributed by atoms with van der Waals surface area (Å²) in [5, 5.41) is 0.763. The molecule has 0 N–H and O–H groups in total. The second-order valence-electron chi connectivity index (χ2n) is 5.58. The van der Waals surface area contributed by atoms with Crippen LogP contribution in [-0.4, -0.2) is 11.7 Å². The first kappa shape index (κ1) is 18.6. The highest BCUT2D eigenvalue weighted by Crippen LogP contribution is 2.11. The first-order valence-electron chi connectivity index (χ1n) is 7.96. The van der Waals surface area contributed by atoms with Gasteiger partial charge in [0.2, 0.25) is 0 Å². The van der Waals surface area contributed by atoms with Crippen molar-refractivity contribution in [3.05, 3.63) is 12.7 Å². The van der Waals surface area contributed by atoms with Crippen molar-refractivity contribution in [2.24, 2.45) is 5.92 Å². The van der Waals surface area contributed by atoms with E-state index in [1.54, 1.807) is 0 Å². The molecule has 0 amide bonds. The van der Waals surface area contributed by atoms with Crippen LogP contribution in [0.15, 0.2) is 12.7 Å². The molecule has 0 bridgehead atoms. The molecule has 0 aliphatic carbocycles. The molecule has 0 saturated carbocycles. The van der Waals surface area contributed by atoms with Crippen molar-refractivity contribution >= 4 is 17.3 Å². The molecule has 0 fully saturated rings. The molecular weight excluding hydrogens is 252 g/mol. The number of allylic oxidation sites excluding steroid dienone is 1. The Morgan fingerprint density at radius 3 is 1.89 bits per heavy atom. The highest BCUT2D eigenvalue weighted by atomic mass is 32.1. The van der Waals surface area contributed by atoms with Gasteiger partial charge in [-0.3, -0.25) is 0 Å². The second-order valence-corrected chi connectivity index (χ2v) is 5.98. The normalized spacial score (nSPS) is 10.7. The molecule has 2 heteroatoms. The minimum absolute atomic E-state index is 0.371. The van der Waals surface area contributed by atoms with Crippen molar-refractivity contribution in [2.45, 2.75) is 78.1 Å². The fraction of sp³-hybridized carbons (Fsp3) is 0.824. The van der Waals surface area contributed by atoms with E-state index in [0.717, 1.165) is 18.1 Å². The van der Waals surface area contributed by atoms with Gasteiger partial charge in [-0.05, 0) is 31.5 Å². The lowest BCUT2D eigenvalue weighted by Crippen LogP contribution is -2.09. The van der Waals surface area contributed by atoms with Crippen LogP contribution in [0, 0.1) is 5.92 Å². The number of thiocarbonyl (C=S) groups is 1. The second kappa shape index (κ2) is 14.0. The number of rotatable bonds is 13. The van der Waals surface area contributed by atoms with E-state index >= 15 is 0 Å². The summed E-state index contributed by atoms with van der Waals surface area (Å²) >= 11 is 5.13. The summed E-state index contributed by atoms with van der Waals surface area (Å²) in [7, 11) is 0. The Morgan fingerprint density at radius 2 is 1.42 bits per heavy atom. The van der Waals surface area contributed by atoms with Crippen molar-refractivity contribution in [1.29, 1.82) is 0 Å². The molecule has 0 aromatic heterocycles. The van der Waals surface area contributed by atoms with Crippen molar-refractivity contribution in [2.75, 3.05) is 6.61 Å². The van der Waals surface area contributed by atoms with Gasteiger partial charge in [0.1, 0.15) is 0 Å². The summed E-state index contributed by atoms with van der Waals surface area (Å²) in [4.78, 5) is 0. The minimum atomic E-state index is 0.371. The first-order chi connectivity index (χ1) is 9.18. The van der Waals surface area contributed by atoms with Crippen LogP contribution in [0.25, 0.3) is 0 Å². The number of hydrogen-bond acceptors (Lipinski definition) is 2. The van der Waals surface area contributed by atoms with E-state index in [1.807, 2.05) is 6.08 Å². The van der Waals surface area contributed by atoms with Crippen molar-refractivity contribution in [3.63, 3.8) is 0 Å². The molecular formula is C17H32OS. The van der Waals surface area contributed by atoms with E-state index in [1.165, 1.54) is 57.8 Å². The maximum atomic E-state index is 5.51. The van der Waals surface area contributed by atoms with E-state index in [2.05, 4.69) is 20.4 Å². The van der Waals surface area contributed by atoms with E-state index in [0.29, 0.717) is 5.92 Å². The zero-order valence-corrected chi connectivity index (χ0v) is 13.8. The van der Waals surface area contributed by atoms with E-state index < -0.39 is 0 Å². The summed E-state index contributed by atoms with van der Waals surface area (Å²) < 4.78 is 5.51. The van der Waals surface area contributed by atoms with Crippen molar-refractivity contribution < 1.29 is 4.74 Å². The minimum Gasteiger partial charge on any atom is -0.487 e. The predicted molar refractivity (Wildman–Crippen MR) is 89.8 cm³/mol. The molecule has 112 valence electrons. The average Bonchev–Trinajstić information content (AvgIpc) is 2.39. The largest absolute Gasteiger partial charge is 0.487 e. The summed E-state index contributed by atoms with van der Waals surface area (Å²) in [6.45, 7) is 8.71. The lowest BCUT2D eigenvalue weighted by molar-refractivity contribution is 0.283. The molecule has 0 aromatic carbocycles. The average molecular weight is 285 g/mol. The van der Waals surface area contributed by atoms with Gasteiger partial charge in [-0.15, -0.1) is 6.58 Å². The van der Waals surface area contributed by atoms with Gasteiger partial charge in [-0.1, -0.05) is 64.9 Å². The number of ether oxygens (including phenoxy) is 1. The highest BCUT2D eigenvalue weighted by Gasteiger charge is 2.02. The van der Waals surface area contributed by atoms with Gasteiger partial charge in [0.05, 0.1) is 6.61 Å². The topological polar surface area (TPSA) is 9.23 Å². The number of unbranched alkanes of at least 4 members (excludes halogenated alkanes) is 9. The molecule has 19 heavy (non-hydrogen) atoms. The molecule has 0 rings (SSSR count). The Labute approximate surface area is 125 Å². The molecule has 0 radical (unpaired) electrons. The number of hydrogen-bond donors (Lipinski definition) is 0. The van der Waals surface area contributed by atoms with Crippen LogP contribution in [0.2, 0.25) is 0 Å². The lowest BCUT2D eigenvalue weighted by atomic mass is 10.1. The van der Waals surface area contributed by atoms with E-state index in [4.69, 9.17) is 17.0 Å². The Bertz CT molecular complexity index is 223. The van der Waals surface area contributed by atoms with Crippen LogP contribution in [0.4, 0.5) is 0 Å². The molecule has 0 heterocycles. The zero-order valence-electron chi connectivity index (χ0n) is 13.0. The van der Waals surface area contributed by atoms with Gasteiger partial charge in [0.25, 0.3) is 0 Å². The highest BCUT2D eigenvalue weighted by molar-refractivity contribution is 7.80. The maximum Gasteiger partial charge on any atom is 0.162 e. The molecule has 0 aliphatic heterocycles. The van der Waals surface area contributed by atoms with Gasteiger partial charge in [0.15, 0.2) is 5.05 Å². The quantitative estimate of drug-likeness (QED) is 0.230. The monoisotopic (exact) mass is 284 g/mol. The Hall–Kier alpha value is -0.370. The van der Waals surface area contributed by atoms with E-state index in [9.17, 15) is 0 Å². The van der Waals surface area contributed by atoms with Crippen LogP contribution in [0.5, 0.6) is 0 Å². The Morgan fingerprint density at radius 1 is 0.947 bits per heavy atom. The standard InChI is InChI=1S/C17H32OS/c1-4-5-6-7-8-9-10-11-12-13-14-15-18-17(19)16(2)3/h4,16H,1,5-15H2,2-3H3. The van der Waals surface area contributed by atoms with Crippen LogP contribution in [0.1, 0.15) is 78.1 Å². The fourth-order valence-corrected chi connectivity index (χ4v) is 2.05. The fourth-order valence-electron chi connectivity index (χ4n) is 1.97. The summed E-state index contributed by atoms with van der Waals surface area (Å²) in [5.74, 6) is 0.371. The molecule has 0 spiro atoms. The molecule has 1 nitrogen and oxygen atoms in total. The van der Waals surface area contributed by atoms with Crippen molar-refractivity contribution in [1.82, 2.24) is 0 Å². The lowest BCUT2D eigenvalue weighted by Gasteiger charge is -2.09. The Kier molecular flexibility index (Phi) is 13.8. The summed E-state index contributed by atoms with van der Waals surface area (Å²) in [6.07, 6.45) is 15.2. The smallest absolute Gasteiger partial charge is 0.162 e. The van der Waals surface area contributed by atoms with Gasteiger partial charge in [-0.2, -0.15) is 0 Å². The molecule has 0 unspecified atom stereocenters. The van der Waals surface area contributed by atoms with E-state index in [-0.39, 0.29) is 0 Å². The SMILES string of the molecule is C=CCCCCCCCCCCCOC(=S)C(C)C. The maximum absolute atomic E-state index is 5.51. The van der Waals surface area contributed by atoms with Gasteiger partial charge >= 0.3 is 0 Å².